The van der Waals surface area contributed by atoms with E-state index in [-0.39, 0.29) is 23.7 Å². The molecule has 1 rings (SSSR count). The Labute approximate surface area is 117 Å². The Morgan fingerprint density at radius 2 is 2.05 bits per heavy atom. The van der Waals surface area contributed by atoms with Gasteiger partial charge in [0.05, 0.1) is 12.3 Å². The van der Waals surface area contributed by atoms with E-state index in [2.05, 4.69) is 0 Å². The minimum atomic E-state index is -4.05. The van der Waals surface area contributed by atoms with Crippen LogP contribution < -0.4 is 5.73 Å². The molecule has 1 aromatic carbocycles. The molecule has 8 heteroatoms. The maximum absolute atomic E-state index is 13.2. The highest BCUT2D eigenvalue weighted by molar-refractivity contribution is 7.89. The van der Waals surface area contributed by atoms with E-state index in [9.17, 15) is 17.6 Å². The molecule has 0 aromatic heterocycles. The molecule has 0 aliphatic rings. The summed E-state index contributed by atoms with van der Waals surface area (Å²) in [4.78, 5) is 11.1. The molecule has 0 saturated heterocycles. The number of ether oxygens (including phenoxy) is 1. The second-order valence-corrected chi connectivity index (χ2v) is 5.82. The normalized spacial score (nSPS) is 11.6. The van der Waals surface area contributed by atoms with Gasteiger partial charge in [-0.3, -0.25) is 4.79 Å². The molecule has 0 aliphatic heterocycles. The van der Waals surface area contributed by atoms with Gasteiger partial charge in [0, 0.05) is 6.54 Å². The van der Waals surface area contributed by atoms with Crippen molar-refractivity contribution >= 4 is 21.7 Å². The van der Waals surface area contributed by atoms with Gasteiger partial charge in [0.2, 0.25) is 10.0 Å². The summed E-state index contributed by atoms with van der Waals surface area (Å²) in [6.45, 7) is 2.93. The van der Waals surface area contributed by atoms with Gasteiger partial charge in [-0.25, -0.2) is 12.8 Å². The maximum Gasteiger partial charge on any atom is 0.321 e. The van der Waals surface area contributed by atoms with Crippen LogP contribution in [0.2, 0.25) is 0 Å². The predicted octanol–water partition coefficient (Wildman–Crippen LogP) is 0.982. The van der Waals surface area contributed by atoms with Crippen LogP contribution in [0.5, 0.6) is 0 Å². The highest BCUT2D eigenvalue weighted by atomic mass is 32.2. The Balaban J connectivity index is 3.12. The Morgan fingerprint density at radius 3 is 2.60 bits per heavy atom. The molecule has 0 unspecified atom stereocenters. The number of hydrogen-bond donors (Lipinski definition) is 1. The fraction of sp³-hybridized carbons (Fsp3) is 0.417. The summed E-state index contributed by atoms with van der Waals surface area (Å²) in [7, 11) is -4.05. The van der Waals surface area contributed by atoms with Crippen LogP contribution in [0.1, 0.15) is 13.8 Å². The molecule has 1 aromatic rings. The van der Waals surface area contributed by atoms with E-state index in [0.29, 0.717) is 0 Å². The van der Waals surface area contributed by atoms with Crippen molar-refractivity contribution in [3.05, 3.63) is 24.0 Å². The standard InChI is InChI=1S/C12H17FN2O4S/c1-3-15(8-12(16)19-4-2)20(17,18)11-7-9(13)5-6-10(11)14/h5-7H,3-4,8,14H2,1-2H3. The van der Waals surface area contributed by atoms with Crippen LogP contribution in [0.3, 0.4) is 0 Å². The third-order valence-electron chi connectivity index (χ3n) is 2.56. The highest BCUT2D eigenvalue weighted by Gasteiger charge is 2.28. The van der Waals surface area contributed by atoms with Crippen molar-refractivity contribution in [2.75, 3.05) is 25.4 Å². The van der Waals surface area contributed by atoms with E-state index < -0.39 is 28.4 Å². The van der Waals surface area contributed by atoms with Gasteiger partial charge in [-0.1, -0.05) is 6.92 Å². The van der Waals surface area contributed by atoms with Gasteiger partial charge in [-0.05, 0) is 25.1 Å². The van der Waals surface area contributed by atoms with Crippen LogP contribution >= 0.6 is 0 Å². The van der Waals surface area contributed by atoms with Crippen molar-refractivity contribution in [2.24, 2.45) is 0 Å². The van der Waals surface area contributed by atoms with Crippen molar-refractivity contribution in [1.82, 2.24) is 4.31 Å². The van der Waals surface area contributed by atoms with Gasteiger partial charge in [0.15, 0.2) is 0 Å². The van der Waals surface area contributed by atoms with Crippen LogP contribution in [0.4, 0.5) is 10.1 Å². The number of nitrogens with zero attached hydrogens (tertiary/aromatic N) is 1. The second kappa shape index (κ2) is 6.67. The molecule has 0 bridgehead atoms. The number of anilines is 1. The van der Waals surface area contributed by atoms with Crippen LogP contribution in [-0.4, -0.2) is 38.4 Å². The van der Waals surface area contributed by atoms with E-state index in [4.69, 9.17) is 10.5 Å². The maximum atomic E-state index is 13.2. The fourth-order valence-electron chi connectivity index (χ4n) is 1.59. The van der Waals surface area contributed by atoms with Crippen LogP contribution in [-0.2, 0) is 19.6 Å². The molecule has 2 N–H and O–H groups in total. The summed E-state index contributed by atoms with van der Waals surface area (Å²) in [5.41, 5.74) is 5.49. The van der Waals surface area contributed by atoms with Crippen molar-refractivity contribution in [1.29, 1.82) is 0 Å². The first kappa shape index (κ1) is 16.4. The molecule has 20 heavy (non-hydrogen) atoms. The average molecular weight is 304 g/mol. The Kier molecular flexibility index (Phi) is 5.46. The van der Waals surface area contributed by atoms with E-state index in [1.807, 2.05) is 0 Å². The number of rotatable bonds is 6. The Bertz CT molecular complexity index is 589. The lowest BCUT2D eigenvalue weighted by molar-refractivity contribution is -0.143. The zero-order valence-electron chi connectivity index (χ0n) is 11.3. The molecule has 0 atom stereocenters. The summed E-state index contributed by atoms with van der Waals surface area (Å²) in [5.74, 6) is -1.39. The number of halogens is 1. The van der Waals surface area contributed by atoms with E-state index in [1.165, 1.54) is 6.07 Å². The van der Waals surface area contributed by atoms with Crippen molar-refractivity contribution in [3.8, 4) is 0 Å². The quantitative estimate of drug-likeness (QED) is 0.625. The zero-order chi connectivity index (χ0) is 15.3. The lowest BCUT2D eigenvalue weighted by Crippen LogP contribution is -2.36. The van der Waals surface area contributed by atoms with Crippen LogP contribution in [0.25, 0.3) is 0 Å². The van der Waals surface area contributed by atoms with Crippen molar-refractivity contribution in [3.63, 3.8) is 0 Å². The molecule has 6 nitrogen and oxygen atoms in total. The van der Waals surface area contributed by atoms with Gasteiger partial charge in [0.1, 0.15) is 17.3 Å². The smallest absolute Gasteiger partial charge is 0.321 e. The average Bonchev–Trinajstić information content (AvgIpc) is 2.38. The zero-order valence-corrected chi connectivity index (χ0v) is 12.1. The van der Waals surface area contributed by atoms with Crippen LogP contribution in [0.15, 0.2) is 23.1 Å². The predicted molar refractivity (Wildman–Crippen MR) is 71.9 cm³/mol. The minimum absolute atomic E-state index is 0.0388. The lowest BCUT2D eigenvalue weighted by Gasteiger charge is -2.20. The molecule has 112 valence electrons. The fourth-order valence-corrected chi connectivity index (χ4v) is 3.11. The third kappa shape index (κ3) is 3.67. The Morgan fingerprint density at radius 1 is 1.40 bits per heavy atom. The SMILES string of the molecule is CCOC(=O)CN(CC)S(=O)(=O)c1cc(F)ccc1N. The first-order chi connectivity index (χ1) is 9.32. The third-order valence-corrected chi connectivity index (χ3v) is 4.53. The van der Waals surface area contributed by atoms with E-state index in [1.54, 1.807) is 13.8 Å². The number of benzene rings is 1. The first-order valence-corrected chi connectivity index (χ1v) is 7.47. The molecule has 0 amide bonds. The largest absolute Gasteiger partial charge is 0.465 e. The van der Waals surface area contributed by atoms with Crippen LogP contribution in [0, 0.1) is 5.82 Å². The summed E-state index contributed by atoms with van der Waals surface area (Å²) in [6, 6.07) is 3.06. The highest BCUT2D eigenvalue weighted by Crippen LogP contribution is 2.23. The topological polar surface area (TPSA) is 89.7 Å². The molecule has 0 aliphatic carbocycles. The first-order valence-electron chi connectivity index (χ1n) is 6.03. The Hall–Kier alpha value is -1.67. The van der Waals surface area contributed by atoms with Gasteiger partial charge < -0.3 is 10.5 Å². The number of nitrogen functional groups attached to an aromatic ring is 1. The van der Waals surface area contributed by atoms with E-state index in [0.717, 1.165) is 16.4 Å². The number of sulfonamides is 1. The summed E-state index contributed by atoms with van der Waals surface area (Å²) in [6.07, 6.45) is 0. The molecular weight excluding hydrogens is 287 g/mol. The molecule has 0 spiro atoms. The number of carbonyl (C=O) groups is 1. The minimum Gasteiger partial charge on any atom is -0.465 e. The van der Waals surface area contributed by atoms with E-state index >= 15 is 0 Å². The van der Waals surface area contributed by atoms with Crippen molar-refractivity contribution in [2.45, 2.75) is 18.7 Å². The summed E-state index contributed by atoms with van der Waals surface area (Å²) >= 11 is 0. The molecule has 0 saturated carbocycles. The number of esters is 1. The lowest BCUT2D eigenvalue weighted by atomic mass is 10.3. The molecule has 0 heterocycles. The number of hydrogen-bond acceptors (Lipinski definition) is 5. The number of likely N-dealkylation sites (N-methyl/N-ethyl adjacent to an activating group) is 1. The molecule has 0 radical (unpaired) electrons. The molecule has 0 fully saturated rings. The van der Waals surface area contributed by atoms with Gasteiger partial charge >= 0.3 is 5.97 Å². The summed E-state index contributed by atoms with van der Waals surface area (Å²) < 4.78 is 43.5. The summed E-state index contributed by atoms with van der Waals surface area (Å²) in [5, 5.41) is 0. The van der Waals surface area contributed by atoms with Gasteiger partial charge in [0.25, 0.3) is 0 Å². The molecular formula is C12H17FN2O4S. The number of nitrogens with two attached hydrogens (primary N) is 1. The monoisotopic (exact) mass is 304 g/mol. The van der Waals surface area contributed by atoms with Crippen molar-refractivity contribution < 1.29 is 22.3 Å². The van der Waals surface area contributed by atoms with Gasteiger partial charge in [-0.15, -0.1) is 0 Å². The van der Waals surface area contributed by atoms with Gasteiger partial charge in [-0.2, -0.15) is 4.31 Å². The number of carbonyl (C=O) groups excluding carboxylic acids is 1. The second-order valence-electron chi connectivity index (χ2n) is 3.92.